The highest BCUT2D eigenvalue weighted by Crippen LogP contribution is 2.58. The van der Waals surface area contributed by atoms with Crippen molar-refractivity contribution in [2.24, 2.45) is 5.41 Å². The Morgan fingerprint density at radius 3 is 2.29 bits per heavy atom. The normalized spacial score (nSPS) is 23.2. The molecule has 1 aromatic carbocycles. The Hall–Kier alpha value is -0.630. The fourth-order valence-corrected chi connectivity index (χ4v) is 2.31. The van der Waals surface area contributed by atoms with Gasteiger partial charge in [0, 0.05) is 11.9 Å². The monoisotopic (exact) mass is 207 g/mol. The van der Waals surface area contributed by atoms with Crippen LogP contribution in [0.1, 0.15) is 31.7 Å². The minimum Gasteiger partial charge on any atom is -0.330 e. The molecule has 14 heavy (non-hydrogen) atoms. The van der Waals surface area contributed by atoms with Crippen molar-refractivity contribution in [3.05, 3.63) is 29.8 Å². The lowest BCUT2D eigenvalue weighted by Gasteiger charge is -2.06. The van der Waals surface area contributed by atoms with Crippen molar-refractivity contribution in [2.75, 3.05) is 11.0 Å². The number of anilines is 1. The van der Waals surface area contributed by atoms with Gasteiger partial charge >= 0.3 is 0 Å². The molecule has 1 nitrogen and oxygen atoms in total. The van der Waals surface area contributed by atoms with Gasteiger partial charge < -0.3 is 4.72 Å². The van der Waals surface area contributed by atoms with Crippen LogP contribution in [0.3, 0.4) is 0 Å². The molecule has 1 atom stereocenters. The molecule has 76 valence electrons. The van der Waals surface area contributed by atoms with Crippen molar-refractivity contribution in [3.8, 4) is 0 Å². The largest absolute Gasteiger partial charge is 0.330 e. The second-order valence-electron chi connectivity index (χ2n) is 4.67. The van der Waals surface area contributed by atoms with Gasteiger partial charge in [0.1, 0.15) is 0 Å². The summed E-state index contributed by atoms with van der Waals surface area (Å²) in [5.41, 5.74) is 3.22. The van der Waals surface area contributed by atoms with Crippen LogP contribution >= 0.6 is 11.9 Å². The van der Waals surface area contributed by atoms with E-state index in [9.17, 15) is 0 Å². The van der Waals surface area contributed by atoms with Crippen LogP contribution in [0.15, 0.2) is 24.3 Å². The zero-order valence-electron chi connectivity index (χ0n) is 9.00. The van der Waals surface area contributed by atoms with Crippen molar-refractivity contribution in [1.82, 2.24) is 0 Å². The van der Waals surface area contributed by atoms with Crippen molar-refractivity contribution in [1.29, 1.82) is 0 Å². The molecule has 1 aliphatic carbocycles. The van der Waals surface area contributed by atoms with Gasteiger partial charge in [0.25, 0.3) is 0 Å². The van der Waals surface area contributed by atoms with E-state index in [0.29, 0.717) is 5.41 Å². The minimum atomic E-state index is 0.536. The fraction of sp³-hybridized carbons (Fsp3) is 0.500. The summed E-state index contributed by atoms with van der Waals surface area (Å²) in [5.74, 6) is 0.783. The second kappa shape index (κ2) is 3.50. The van der Waals surface area contributed by atoms with Gasteiger partial charge in [-0.05, 0) is 35.4 Å². The van der Waals surface area contributed by atoms with Crippen LogP contribution in [0.4, 0.5) is 5.69 Å². The standard InChI is InChI=1S/C12H17NS/c1-12(2)8-11(12)9-4-6-10(7-5-9)13-14-3/h4-7,11,13H,8H2,1-3H3/t11-/m0/s1. The van der Waals surface area contributed by atoms with E-state index in [-0.39, 0.29) is 0 Å². The summed E-state index contributed by atoms with van der Waals surface area (Å²) in [7, 11) is 0. The van der Waals surface area contributed by atoms with Crippen LogP contribution in [0, 0.1) is 5.41 Å². The van der Waals surface area contributed by atoms with Crippen LogP contribution in [0.25, 0.3) is 0 Å². The highest BCUT2D eigenvalue weighted by Gasteiger charge is 2.46. The van der Waals surface area contributed by atoms with Gasteiger partial charge in [-0.25, -0.2) is 0 Å². The van der Waals surface area contributed by atoms with Gasteiger partial charge in [-0.2, -0.15) is 0 Å². The fourth-order valence-electron chi connectivity index (χ4n) is 1.94. The molecule has 2 heteroatoms. The number of hydrogen-bond donors (Lipinski definition) is 1. The average molecular weight is 207 g/mol. The van der Waals surface area contributed by atoms with Gasteiger partial charge in [0.05, 0.1) is 0 Å². The summed E-state index contributed by atoms with van der Waals surface area (Å²) in [6.45, 7) is 4.68. The first-order valence-electron chi connectivity index (χ1n) is 5.02. The summed E-state index contributed by atoms with van der Waals surface area (Å²) >= 11 is 1.63. The van der Waals surface area contributed by atoms with Crippen molar-refractivity contribution >= 4 is 17.6 Å². The molecule has 1 aromatic rings. The van der Waals surface area contributed by atoms with Gasteiger partial charge in [-0.3, -0.25) is 0 Å². The van der Waals surface area contributed by atoms with Crippen molar-refractivity contribution < 1.29 is 0 Å². The first kappa shape index (κ1) is 9.91. The second-order valence-corrected chi connectivity index (χ2v) is 5.29. The van der Waals surface area contributed by atoms with E-state index in [4.69, 9.17) is 0 Å². The molecule has 0 heterocycles. The molecular formula is C12H17NS. The Bertz CT molecular complexity index is 316. The number of hydrogen-bond acceptors (Lipinski definition) is 2. The predicted octanol–water partition coefficient (Wildman–Crippen LogP) is 3.89. The Labute approximate surface area is 90.4 Å². The molecule has 0 radical (unpaired) electrons. The molecule has 0 spiro atoms. The molecule has 1 aliphatic rings. The van der Waals surface area contributed by atoms with E-state index in [0.717, 1.165) is 5.92 Å². The minimum absolute atomic E-state index is 0.536. The number of benzene rings is 1. The molecule has 0 saturated heterocycles. The summed E-state index contributed by atoms with van der Waals surface area (Å²) < 4.78 is 3.23. The maximum Gasteiger partial charge on any atom is 0.0440 e. The van der Waals surface area contributed by atoms with Crippen molar-refractivity contribution in [3.63, 3.8) is 0 Å². The first-order chi connectivity index (χ1) is 6.63. The van der Waals surface area contributed by atoms with E-state index in [1.54, 1.807) is 11.9 Å². The molecule has 0 unspecified atom stereocenters. The molecule has 2 rings (SSSR count). The van der Waals surface area contributed by atoms with E-state index in [1.165, 1.54) is 17.7 Å². The van der Waals surface area contributed by atoms with Crippen LogP contribution in [0.2, 0.25) is 0 Å². The first-order valence-corrected chi connectivity index (χ1v) is 6.25. The molecule has 1 N–H and O–H groups in total. The summed E-state index contributed by atoms with van der Waals surface area (Å²) in [4.78, 5) is 0. The Morgan fingerprint density at radius 1 is 1.29 bits per heavy atom. The third-order valence-corrected chi connectivity index (χ3v) is 3.49. The smallest absolute Gasteiger partial charge is 0.0440 e. The molecule has 1 fully saturated rings. The quantitative estimate of drug-likeness (QED) is 0.755. The van der Waals surface area contributed by atoms with Gasteiger partial charge in [0.2, 0.25) is 0 Å². The molecule has 0 bridgehead atoms. The van der Waals surface area contributed by atoms with E-state index < -0.39 is 0 Å². The molecule has 0 amide bonds. The Balaban J connectivity index is 2.08. The zero-order valence-corrected chi connectivity index (χ0v) is 9.82. The summed E-state index contributed by atoms with van der Waals surface area (Å²) in [5, 5.41) is 0. The molecule has 0 aromatic heterocycles. The van der Waals surface area contributed by atoms with Gasteiger partial charge in [-0.15, -0.1) is 0 Å². The lowest BCUT2D eigenvalue weighted by molar-refractivity contribution is 0.622. The maximum absolute atomic E-state index is 3.23. The zero-order chi connectivity index (χ0) is 10.2. The average Bonchev–Trinajstić information content (AvgIpc) is 2.77. The van der Waals surface area contributed by atoms with Crippen LogP contribution < -0.4 is 4.72 Å². The van der Waals surface area contributed by atoms with Gasteiger partial charge in [-0.1, -0.05) is 37.9 Å². The molecule has 0 aliphatic heterocycles. The lowest BCUT2D eigenvalue weighted by Crippen LogP contribution is -1.90. The Morgan fingerprint density at radius 2 is 1.86 bits per heavy atom. The van der Waals surface area contributed by atoms with E-state index >= 15 is 0 Å². The SMILES string of the molecule is CSNc1ccc([C@@H]2CC2(C)C)cc1. The topological polar surface area (TPSA) is 12.0 Å². The van der Waals surface area contributed by atoms with Gasteiger partial charge in [0.15, 0.2) is 0 Å². The molecule has 1 saturated carbocycles. The number of rotatable bonds is 3. The van der Waals surface area contributed by atoms with Crippen LogP contribution in [0.5, 0.6) is 0 Å². The Kier molecular flexibility index (Phi) is 2.48. The van der Waals surface area contributed by atoms with E-state index in [1.807, 2.05) is 6.26 Å². The maximum atomic E-state index is 3.23. The predicted molar refractivity (Wildman–Crippen MR) is 64.7 cm³/mol. The van der Waals surface area contributed by atoms with Crippen LogP contribution in [-0.4, -0.2) is 6.26 Å². The van der Waals surface area contributed by atoms with E-state index in [2.05, 4.69) is 42.8 Å². The highest BCUT2D eigenvalue weighted by atomic mass is 32.2. The third-order valence-electron chi connectivity index (χ3n) is 3.05. The highest BCUT2D eigenvalue weighted by molar-refractivity contribution is 7.99. The summed E-state index contributed by atoms with van der Waals surface area (Å²) in [6.07, 6.45) is 3.38. The van der Waals surface area contributed by atoms with Crippen LogP contribution in [-0.2, 0) is 0 Å². The lowest BCUT2D eigenvalue weighted by atomic mass is 10.0. The third kappa shape index (κ3) is 1.90. The molecular weight excluding hydrogens is 190 g/mol. The van der Waals surface area contributed by atoms with Crippen molar-refractivity contribution in [2.45, 2.75) is 26.2 Å². The number of nitrogens with one attached hydrogen (secondary N) is 1. The summed E-state index contributed by atoms with van der Waals surface area (Å²) in [6, 6.07) is 8.83.